The van der Waals surface area contributed by atoms with Gasteiger partial charge in [0.15, 0.2) is 11.4 Å². The molecule has 1 aromatic heterocycles. The first-order chi connectivity index (χ1) is 12.8. The normalized spacial score (nSPS) is 14.1. The first-order valence-corrected chi connectivity index (χ1v) is 8.73. The summed E-state index contributed by atoms with van der Waals surface area (Å²) in [6, 6.07) is 20.8. The van der Waals surface area contributed by atoms with Crippen LogP contribution < -0.4 is 0 Å². The predicted molar refractivity (Wildman–Crippen MR) is 103 cm³/mol. The van der Waals surface area contributed by atoms with Crippen molar-refractivity contribution >= 4 is 0 Å². The Hall–Kier alpha value is -3.27. The summed E-state index contributed by atoms with van der Waals surface area (Å²) >= 11 is 0. The maximum Gasteiger partial charge on any atom is 0.171 e. The van der Waals surface area contributed by atoms with Crippen LogP contribution in [0.3, 0.4) is 0 Å². The van der Waals surface area contributed by atoms with Gasteiger partial charge in [0.1, 0.15) is 0 Å². The highest BCUT2D eigenvalue weighted by Crippen LogP contribution is 2.41. The minimum absolute atomic E-state index is 0.650. The molecule has 4 heteroatoms. The lowest BCUT2D eigenvalue weighted by Crippen LogP contribution is -2.40. The maximum atomic E-state index is 4.65. The van der Waals surface area contributed by atoms with Crippen LogP contribution in [0.25, 0.3) is 0 Å². The molecule has 1 heterocycles. The minimum Gasteiger partial charge on any atom is -0.145 e. The third kappa shape index (κ3) is 2.69. The number of hydrogen-bond acceptors (Lipinski definition) is 3. The molecule has 128 valence electrons. The molecule has 3 aromatic rings. The molecule has 1 aliphatic rings. The molecule has 0 saturated heterocycles. The van der Waals surface area contributed by atoms with E-state index in [1.54, 1.807) is 4.80 Å². The lowest BCUT2D eigenvalue weighted by Gasteiger charge is -2.35. The average molecular weight is 340 g/mol. The standard InChI is InChI=1S/C22H20N4/c1-18-23-25-26(24-18)22(20-14-8-4-9-15-20,21-16-10-5-11-17-21)19-12-6-2-3-7-13-19/h2-12,14-17H,13H2,1H3. The van der Waals surface area contributed by atoms with E-state index in [4.69, 9.17) is 0 Å². The third-order valence-corrected chi connectivity index (χ3v) is 4.65. The summed E-state index contributed by atoms with van der Waals surface area (Å²) in [6.07, 6.45) is 11.3. The molecule has 0 aliphatic heterocycles. The molecule has 0 atom stereocenters. The van der Waals surface area contributed by atoms with Gasteiger partial charge in [0.25, 0.3) is 0 Å². The molecular weight excluding hydrogens is 320 g/mol. The van der Waals surface area contributed by atoms with Gasteiger partial charge in [0, 0.05) is 0 Å². The Bertz CT molecular complexity index is 926. The fourth-order valence-corrected chi connectivity index (χ4v) is 3.53. The van der Waals surface area contributed by atoms with Gasteiger partial charge in [-0.2, -0.15) is 0 Å². The fourth-order valence-electron chi connectivity index (χ4n) is 3.53. The molecule has 0 saturated carbocycles. The van der Waals surface area contributed by atoms with Gasteiger partial charge in [-0.05, 0) is 35.3 Å². The van der Waals surface area contributed by atoms with Crippen molar-refractivity contribution < 1.29 is 0 Å². The number of aryl methyl sites for hydroxylation is 1. The van der Waals surface area contributed by atoms with Gasteiger partial charge in [0.2, 0.25) is 0 Å². The number of benzene rings is 2. The van der Waals surface area contributed by atoms with E-state index in [9.17, 15) is 0 Å². The van der Waals surface area contributed by atoms with Gasteiger partial charge in [-0.3, -0.25) is 0 Å². The number of hydrogen-bond donors (Lipinski definition) is 0. The fraction of sp³-hybridized carbons (Fsp3) is 0.136. The number of nitrogens with zero attached hydrogens (tertiary/aromatic N) is 4. The van der Waals surface area contributed by atoms with Crippen molar-refractivity contribution in [3.63, 3.8) is 0 Å². The van der Waals surface area contributed by atoms with Crippen molar-refractivity contribution in [2.75, 3.05) is 0 Å². The maximum absolute atomic E-state index is 4.65. The van der Waals surface area contributed by atoms with Gasteiger partial charge in [0.05, 0.1) is 0 Å². The lowest BCUT2D eigenvalue weighted by atomic mass is 9.75. The van der Waals surface area contributed by atoms with E-state index in [1.165, 1.54) is 5.57 Å². The Labute approximate surface area is 153 Å². The van der Waals surface area contributed by atoms with Crippen LogP contribution in [0.2, 0.25) is 0 Å². The van der Waals surface area contributed by atoms with E-state index < -0.39 is 5.54 Å². The first kappa shape index (κ1) is 16.2. The Morgan fingerprint density at radius 1 is 0.846 bits per heavy atom. The quantitative estimate of drug-likeness (QED) is 0.714. The van der Waals surface area contributed by atoms with Crippen molar-refractivity contribution in [1.29, 1.82) is 0 Å². The van der Waals surface area contributed by atoms with E-state index in [0.29, 0.717) is 5.82 Å². The Morgan fingerprint density at radius 3 is 2.08 bits per heavy atom. The lowest BCUT2D eigenvalue weighted by molar-refractivity contribution is 0.382. The summed E-state index contributed by atoms with van der Waals surface area (Å²) in [5.41, 5.74) is 2.76. The van der Waals surface area contributed by atoms with Crippen LogP contribution in [0.5, 0.6) is 0 Å². The molecule has 0 amide bonds. The van der Waals surface area contributed by atoms with Gasteiger partial charge in [-0.1, -0.05) is 91.0 Å². The number of aromatic nitrogens is 4. The second-order valence-electron chi connectivity index (χ2n) is 6.28. The zero-order chi connectivity index (χ0) is 17.8. The Morgan fingerprint density at radius 2 is 1.50 bits per heavy atom. The SMILES string of the molecule is Cc1nnn(C(C2=CC=CC=CC2)(c2ccccc2)c2ccccc2)n1. The highest BCUT2D eigenvalue weighted by atomic mass is 15.6. The number of allylic oxidation sites excluding steroid dienone is 6. The molecule has 26 heavy (non-hydrogen) atoms. The van der Waals surface area contributed by atoms with Crippen LogP contribution >= 0.6 is 0 Å². The summed E-state index contributed by atoms with van der Waals surface area (Å²) in [5, 5.41) is 13.3. The molecule has 0 fully saturated rings. The average Bonchev–Trinajstić information content (AvgIpc) is 2.95. The molecule has 1 aliphatic carbocycles. The summed E-state index contributed by atoms with van der Waals surface area (Å²) in [7, 11) is 0. The molecule has 0 N–H and O–H groups in total. The van der Waals surface area contributed by atoms with Crippen LogP contribution in [0.1, 0.15) is 23.4 Å². The van der Waals surface area contributed by atoms with E-state index in [0.717, 1.165) is 17.5 Å². The molecular formula is C22H20N4. The first-order valence-electron chi connectivity index (χ1n) is 8.73. The molecule has 0 spiro atoms. The van der Waals surface area contributed by atoms with Crippen molar-refractivity contribution in [3.05, 3.63) is 114 Å². The van der Waals surface area contributed by atoms with Crippen molar-refractivity contribution in [3.8, 4) is 0 Å². The van der Waals surface area contributed by atoms with E-state index in [-0.39, 0.29) is 0 Å². The molecule has 2 aromatic carbocycles. The van der Waals surface area contributed by atoms with Crippen LogP contribution in [0.4, 0.5) is 0 Å². The van der Waals surface area contributed by atoms with Gasteiger partial charge in [-0.15, -0.1) is 15.0 Å². The van der Waals surface area contributed by atoms with Gasteiger partial charge >= 0.3 is 0 Å². The summed E-state index contributed by atoms with van der Waals surface area (Å²) in [4.78, 5) is 1.76. The minimum atomic E-state index is -0.650. The van der Waals surface area contributed by atoms with Gasteiger partial charge < -0.3 is 0 Å². The highest BCUT2D eigenvalue weighted by molar-refractivity contribution is 5.50. The van der Waals surface area contributed by atoms with Crippen molar-refractivity contribution in [1.82, 2.24) is 20.2 Å². The Kier molecular flexibility index (Phi) is 4.32. The zero-order valence-electron chi connectivity index (χ0n) is 14.7. The van der Waals surface area contributed by atoms with E-state index in [2.05, 4.69) is 88.2 Å². The topological polar surface area (TPSA) is 43.6 Å². The predicted octanol–water partition coefficient (Wildman–Crippen LogP) is 4.22. The van der Waals surface area contributed by atoms with Crippen LogP contribution in [-0.4, -0.2) is 20.2 Å². The molecule has 0 unspecified atom stereocenters. The van der Waals surface area contributed by atoms with Gasteiger partial charge in [-0.25, -0.2) is 0 Å². The monoisotopic (exact) mass is 340 g/mol. The second-order valence-corrected chi connectivity index (χ2v) is 6.28. The van der Waals surface area contributed by atoms with E-state index >= 15 is 0 Å². The van der Waals surface area contributed by atoms with Crippen molar-refractivity contribution in [2.45, 2.75) is 18.9 Å². The second kappa shape index (κ2) is 6.92. The highest BCUT2D eigenvalue weighted by Gasteiger charge is 2.42. The number of rotatable bonds is 4. The van der Waals surface area contributed by atoms with Crippen LogP contribution in [-0.2, 0) is 5.54 Å². The molecule has 0 radical (unpaired) electrons. The van der Waals surface area contributed by atoms with Crippen molar-refractivity contribution in [2.24, 2.45) is 0 Å². The van der Waals surface area contributed by atoms with Crippen LogP contribution in [0.15, 0.2) is 96.6 Å². The Balaban J connectivity index is 2.08. The number of tetrazole rings is 1. The largest absolute Gasteiger partial charge is 0.171 e. The summed E-state index contributed by atoms with van der Waals surface area (Å²) < 4.78 is 0. The zero-order valence-corrected chi connectivity index (χ0v) is 14.7. The molecule has 4 rings (SSSR count). The summed E-state index contributed by atoms with van der Waals surface area (Å²) in [6.45, 7) is 1.87. The van der Waals surface area contributed by atoms with Crippen LogP contribution in [0, 0.1) is 6.92 Å². The third-order valence-electron chi connectivity index (χ3n) is 4.65. The smallest absolute Gasteiger partial charge is 0.145 e. The van der Waals surface area contributed by atoms with E-state index in [1.807, 2.05) is 25.1 Å². The molecule has 0 bridgehead atoms. The molecule has 4 nitrogen and oxygen atoms in total. The summed E-state index contributed by atoms with van der Waals surface area (Å²) in [5.74, 6) is 0.654.